The highest BCUT2D eigenvalue weighted by Crippen LogP contribution is 2.19. The number of nitrogens with zero attached hydrogens (tertiary/aromatic N) is 1. The molecule has 4 heteroatoms. The van der Waals surface area contributed by atoms with Crippen molar-refractivity contribution in [1.82, 2.24) is 5.32 Å². The van der Waals surface area contributed by atoms with Crippen LogP contribution in [-0.2, 0) is 4.79 Å². The normalized spacial score (nSPS) is 14.2. The van der Waals surface area contributed by atoms with E-state index >= 15 is 0 Å². The van der Waals surface area contributed by atoms with Gasteiger partial charge in [-0.05, 0) is 44.9 Å². The summed E-state index contributed by atoms with van der Waals surface area (Å²) >= 11 is 0. The number of amides is 1. The van der Waals surface area contributed by atoms with Crippen molar-refractivity contribution in [3.05, 3.63) is 29.8 Å². The Morgan fingerprint density at radius 1 is 1.37 bits per heavy atom. The molecule has 0 spiro atoms. The molecular weight excluding hydrogens is 238 g/mol. The summed E-state index contributed by atoms with van der Waals surface area (Å²) in [5, 5.41) is 3.03. The van der Waals surface area contributed by atoms with Gasteiger partial charge in [0.05, 0.1) is 6.54 Å². The van der Waals surface area contributed by atoms with Gasteiger partial charge in [-0.3, -0.25) is 4.79 Å². The molecule has 0 aliphatic heterocycles. The minimum absolute atomic E-state index is 0.111. The van der Waals surface area contributed by atoms with E-state index in [9.17, 15) is 4.79 Å². The Bertz CT molecular complexity index is 412. The SMILES string of the molecule is Cc1ccc(N(CCCN)CC(=O)NC2CC2)cc1. The number of benzene rings is 1. The van der Waals surface area contributed by atoms with Crippen molar-refractivity contribution in [1.29, 1.82) is 0 Å². The average molecular weight is 261 g/mol. The molecule has 19 heavy (non-hydrogen) atoms. The van der Waals surface area contributed by atoms with Crippen LogP contribution in [0, 0.1) is 6.92 Å². The lowest BCUT2D eigenvalue weighted by Crippen LogP contribution is -2.39. The molecule has 0 radical (unpaired) electrons. The maximum atomic E-state index is 11.9. The lowest BCUT2D eigenvalue weighted by molar-refractivity contribution is -0.119. The molecular formula is C15H23N3O. The van der Waals surface area contributed by atoms with Gasteiger partial charge >= 0.3 is 0 Å². The molecule has 1 fully saturated rings. The summed E-state index contributed by atoms with van der Waals surface area (Å²) in [5.74, 6) is 0.111. The van der Waals surface area contributed by atoms with E-state index in [1.165, 1.54) is 5.56 Å². The van der Waals surface area contributed by atoms with Gasteiger partial charge in [0.15, 0.2) is 0 Å². The van der Waals surface area contributed by atoms with Crippen LogP contribution in [0.15, 0.2) is 24.3 Å². The maximum Gasteiger partial charge on any atom is 0.239 e. The summed E-state index contributed by atoms with van der Waals surface area (Å²) in [7, 11) is 0. The summed E-state index contributed by atoms with van der Waals surface area (Å²) in [6.07, 6.45) is 3.14. The lowest BCUT2D eigenvalue weighted by atomic mass is 10.2. The number of aryl methyl sites for hydroxylation is 1. The molecule has 0 aromatic heterocycles. The lowest BCUT2D eigenvalue weighted by Gasteiger charge is -2.24. The van der Waals surface area contributed by atoms with Crippen LogP contribution in [0.5, 0.6) is 0 Å². The first kappa shape index (κ1) is 13.9. The van der Waals surface area contributed by atoms with E-state index in [1.807, 2.05) is 0 Å². The Labute approximate surface area is 115 Å². The van der Waals surface area contributed by atoms with Gasteiger partial charge < -0.3 is 16.0 Å². The first-order valence-electron chi connectivity index (χ1n) is 7.00. The smallest absolute Gasteiger partial charge is 0.239 e. The molecule has 0 bridgehead atoms. The average Bonchev–Trinajstić information content (AvgIpc) is 3.19. The van der Waals surface area contributed by atoms with E-state index in [2.05, 4.69) is 41.4 Å². The number of hydrogen-bond donors (Lipinski definition) is 2. The number of hydrogen-bond acceptors (Lipinski definition) is 3. The summed E-state index contributed by atoms with van der Waals surface area (Å²) in [6.45, 7) is 3.94. The van der Waals surface area contributed by atoms with Gasteiger partial charge in [0, 0.05) is 18.3 Å². The highest BCUT2D eigenvalue weighted by atomic mass is 16.2. The van der Waals surface area contributed by atoms with E-state index in [1.54, 1.807) is 0 Å². The van der Waals surface area contributed by atoms with E-state index in [0.29, 0.717) is 19.1 Å². The van der Waals surface area contributed by atoms with E-state index in [0.717, 1.165) is 31.5 Å². The number of anilines is 1. The second-order valence-electron chi connectivity index (χ2n) is 5.24. The molecule has 1 aliphatic rings. The largest absolute Gasteiger partial charge is 0.362 e. The number of nitrogens with one attached hydrogen (secondary N) is 1. The molecule has 2 rings (SSSR count). The zero-order valence-corrected chi connectivity index (χ0v) is 11.6. The minimum Gasteiger partial charge on any atom is -0.362 e. The highest BCUT2D eigenvalue weighted by Gasteiger charge is 2.24. The molecule has 0 unspecified atom stereocenters. The van der Waals surface area contributed by atoms with Crippen LogP contribution in [0.2, 0.25) is 0 Å². The molecule has 0 heterocycles. The molecule has 0 saturated heterocycles. The molecule has 1 amide bonds. The Kier molecular flexibility index (Phi) is 4.80. The van der Waals surface area contributed by atoms with Gasteiger partial charge in [0.25, 0.3) is 0 Å². The predicted molar refractivity (Wildman–Crippen MR) is 78.2 cm³/mol. The Morgan fingerprint density at radius 2 is 2.05 bits per heavy atom. The Hall–Kier alpha value is -1.55. The molecule has 0 atom stereocenters. The van der Waals surface area contributed by atoms with Gasteiger partial charge in [-0.2, -0.15) is 0 Å². The van der Waals surface area contributed by atoms with Crippen molar-refractivity contribution in [2.75, 3.05) is 24.5 Å². The van der Waals surface area contributed by atoms with Crippen LogP contribution >= 0.6 is 0 Å². The van der Waals surface area contributed by atoms with Crippen molar-refractivity contribution in [3.8, 4) is 0 Å². The third-order valence-electron chi connectivity index (χ3n) is 3.31. The molecule has 3 N–H and O–H groups in total. The van der Waals surface area contributed by atoms with Crippen LogP contribution in [-0.4, -0.2) is 31.6 Å². The Balaban J connectivity index is 1.97. The van der Waals surface area contributed by atoms with Gasteiger partial charge in [-0.1, -0.05) is 17.7 Å². The molecule has 1 aliphatic carbocycles. The van der Waals surface area contributed by atoms with Crippen LogP contribution in [0.25, 0.3) is 0 Å². The van der Waals surface area contributed by atoms with Crippen molar-refractivity contribution in [2.45, 2.75) is 32.2 Å². The van der Waals surface area contributed by atoms with Crippen molar-refractivity contribution in [2.24, 2.45) is 5.73 Å². The fourth-order valence-electron chi connectivity index (χ4n) is 2.01. The first-order chi connectivity index (χ1) is 9.19. The van der Waals surface area contributed by atoms with E-state index in [4.69, 9.17) is 5.73 Å². The third kappa shape index (κ3) is 4.56. The van der Waals surface area contributed by atoms with Gasteiger partial charge in [0.2, 0.25) is 5.91 Å². The number of carbonyl (C=O) groups excluding carboxylic acids is 1. The second-order valence-corrected chi connectivity index (χ2v) is 5.24. The van der Waals surface area contributed by atoms with Crippen molar-refractivity contribution < 1.29 is 4.79 Å². The first-order valence-corrected chi connectivity index (χ1v) is 7.00. The summed E-state index contributed by atoms with van der Waals surface area (Å²) in [5.41, 5.74) is 7.89. The topological polar surface area (TPSA) is 58.4 Å². The van der Waals surface area contributed by atoms with Crippen molar-refractivity contribution >= 4 is 11.6 Å². The molecule has 1 aromatic rings. The zero-order chi connectivity index (χ0) is 13.7. The van der Waals surface area contributed by atoms with Gasteiger partial charge in [-0.15, -0.1) is 0 Å². The van der Waals surface area contributed by atoms with Crippen LogP contribution in [0.3, 0.4) is 0 Å². The van der Waals surface area contributed by atoms with Gasteiger partial charge in [-0.25, -0.2) is 0 Å². The standard InChI is InChI=1S/C15H23N3O/c1-12-3-7-14(8-4-12)18(10-2-9-16)11-15(19)17-13-5-6-13/h3-4,7-8,13H,2,5-6,9-11,16H2,1H3,(H,17,19). The van der Waals surface area contributed by atoms with E-state index in [-0.39, 0.29) is 5.91 Å². The van der Waals surface area contributed by atoms with Gasteiger partial charge in [0.1, 0.15) is 0 Å². The fourth-order valence-corrected chi connectivity index (χ4v) is 2.01. The predicted octanol–water partition coefficient (Wildman–Crippen LogP) is 1.43. The number of rotatable bonds is 7. The number of carbonyl (C=O) groups is 1. The molecule has 104 valence electrons. The summed E-state index contributed by atoms with van der Waals surface area (Å²) < 4.78 is 0. The quantitative estimate of drug-likeness (QED) is 0.780. The maximum absolute atomic E-state index is 11.9. The highest BCUT2D eigenvalue weighted by molar-refractivity contribution is 5.81. The van der Waals surface area contributed by atoms with Crippen LogP contribution in [0.1, 0.15) is 24.8 Å². The van der Waals surface area contributed by atoms with Crippen LogP contribution in [0.4, 0.5) is 5.69 Å². The molecule has 4 nitrogen and oxygen atoms in total. The zero-order valence-electron chi connectivity index (χ0n) is 11.6. The Morgan fingerprint density at radius 3 is 2.63 bits per heavy atom. The van der Waals surface area contributed by atoms with Crippen LogP contribution < -0.4 is 16.0 Å². The molecule has 1 saturated carbocycles. The molecule has 1 aromatic carbocycles. The third-order valence-corrected chi connectivity index (χ3v) is 3.31. The van der Waals surface area contributed by atoms with Crippen molar-refractivity contribution in [3.63, 3.8) is 0 Å². The number of nitrogens with two attached hydrogens (primary N) is 1. The minimum atomic E-state index is 0.111. The summed E-state index contributed by atoms with van der Waals surface area (Å²) in [6, 6.07) is 8.70. The summed E-state index contributed by atoms with van der Waals surface area (Å²) in [4.78, 5) is 14.0. The fraction of sp³-hybridized carbons (Fsp3) is 0.533. The van der Waals surface area contributed by atoms with E-state index < -0.39 is 0 Å². The monoisotopic (exact) mass is 261 g/mol. The second kappa shape index (κ2) is 6.57.